The fraction of sp³-hybridized carbons (Fsp3) is 0.500. The third-order valence-electron chi connectivity index (χ3n) is 6.75. The molecule has 0 amide bonds. The van der Waals surface area contributed by atoms with Gasteiger partial charge in [-0.15, -0.1) is 10.2 Å². The first-order valence-corrected chi connectivity index (χ1v) is 12.1. The first-order valence-electron chi connectivity index (χ1n) is 12.1. The van der Waals surface area contributed by atoms with Gasteiger partial charge in [0, 0.05) is 32.0 Å². The predicted molar refractivity (Wildman–Crippen MR) is 132 cm³/mol. The van der Waals surface area contributed by atoms with Crippen LogP contribution in [0.25, 0.3) is 27.7 Å². The third-order valence-corrected chi connectivity index (χ3v) is 6.75. The van der Waals surface area contributed by atoms with Gasteiger partial charge in [-0.2, -0.15) is 4.98 Å². The number of fused-ring (bicyclic) bond motifs is 2. The van der Waals surface area contributed by atoms with E-state index >= 15 is 0 Å². The summed E-state index contributed by atoms with van der Waals surface area (Å²) in [4.78, 5) is 6.04. The van der Waals surface area contributed by atoms with Crippen LogP contribution in [0, 0.1) is 0 Å². The Morgan fingerprint density at radius 1 is 1.18 bits per heavy atom. The maximum Gasteiger partial charge on any atom is 0.280 e. The molecule has 4 aromatic rings. The highest BCUT2D eigenvalue weighted by molar-refractivity contribution is 5.89. The Bertz CT molecular complexity index is 1410. The van der Waals surface area contributed by atoms with E-state index in [1.165, 1.54) is 16.3 Å². The van der Waals surface area contributed by atoms with Crippen LogP contribution in [0.1, 0.15) is 12.5 Å². The Hall–Kier alpha value is -3.52. The molecule has 0 spiro atoms. The number of rotatable bonds is 10. The van der Waals surface area contributed by atoms with Crippen LogP contribution in [0.5, 0.6) is 5.88 Å². The largest absolute Gasteiger partial charge is 0.479 e. The summed E-state index contributed by atoms with van der Waals surface area (Å²) in [5, 5.41) is 15.1. The Kier molecular flexibility index (Phi) is 7.34. The molecule has 204 valence electrons. The maximum atomic E-state index is 14.9. The zero-order chi connectivity index (χ0) is 26.9. The van der Waals surface area contributed by atoms with Gasteiger partial charge < -0.3 is 14.8 Å². The second-order valence-corrected chi connectivity index (χ2v) is 9.18. The Labute approximate surface area is 215 Å². The maximum absolute atomic E-state index is 14.9. The lowest BCUT2D eigenvalue weighted by Gasteiger charge is -2.38. The van der Waals surface area contributed by atoms with E-state index in [0.29, 0.717) is 47.4 Å². The van der Waals surface area contributed by atoms with Gasteiger partial charge in [0.2, 0.25) is 11.8 Å². The highest BCUT2D eigenvalue weighted by Crippen LogP contribution is 2.34. The van der Waals surface area contributed by atoms with Crippen LogP contribution in [0.15, 0.2) is 30.5 Å². The first kappa shape index (κ1) is 26.1. The summed E-state index contributed by atoms with van der Waals surface area (Å²) in [5.41, 5.74) is 2.84. The molecule has 4 heterocycles. The number of nitrogens with zero attached hydrogens (tertiary/aromatic N) is 7. The number of nitrogens with one attached hydrogen (secondary N) is 1. The monoisotopic (exact) mass is 536 g/mol. The van der Waals surface area contributed by atoms with Crippen molar-refractivity contribution in [2.24, 2.45) is 0 Å². The number of anilines is 1. The predicted octanol–water partition coefficient (Wildman–Crippen LogP) is 3.40. The molecule has 1 aliphatic rings. The van der Waals surface area contributed by atoms with E-state index in [4.69, 9.17) is 9.47 Å². The summed E-state index contributed by atoms with van der Waals surface area (Å²) in [5.74, 6) is -2.80. The van der Waals surface area contributed by atoms with E-state index in [9.17, 15) is 17.6 Å². The normalized spacial score (nSPS) is 18.0. The van der Waals surface area contributed by atoms with Gasteiger partial charge in [0.05, 0.1) is 31.8 Å². The minimum absolute atomic E-state index is 0.0120. The summed E-state index contributed by atoms with van der Waals surface area (Å²) < 4.78 is 69.7. The van der Waals surface area contributed by atoms with Crippen molar-refractivity contribution in [3.63, 3.8) is 0 Å². The number of benzene rings is 1. The SMILES string of the molecule is COCCN1CCC(Nc2nc(OC)c3c(-c4ccc5nnn(C(CF)CF)c5c4)ccn3n2)C(F)(F)C1. The molecule has 1 unspecified atom stereocenters. The molecule has 1 aliphatic heterocycles. The van der Waals surface area contributed by atoms with Crippen molar-refractivity contribution in [3.8, 4) is 17.0 Å². The van der Waals surface area contributed by atoms with Gasteiger partial charge in [0.25, 0.3) is 5.92 Å². The molecule has 1 aromatic carbocycles. The number of alkyl halides is 4. The molecular formula is C24H28F4N8O2. The zero-order valence-electron chi connectivity index (χ0n) is 21.0. The van der Waals surface area contributed by atoms with Gasteiger partial charge in [0.1, 0.15) is 30.4 Å². The fourth-order valence-corrected chi connectivity index (χ4v) is 4.73. The van der Waals surface area contributed by atoms with Crippen LogP contribution in [0.4, 0.5) is 23.5 Å². The van der Waals surface area contributed by atoms with Crippen LogP contribution in [-0.2, 0) is 4.74 Å². The van der Waals surface area contributed by atoms with E-state index in [1.54, 1.807) is 42.5 Å². The van der Waals surface area contributed by atoms with Gasteiger partial charge in [-0.1, -0.05) is 11.3 Å². The molecule has 0 radical (unpaired) electrons. The van der Waals surface area contributed by atoms with Crippen molar-refractivity contribution in [3.05, 3.63) is 30.5 Å². The topological polar surface area (TPSA) is 94.6 Å². The number of hydrogen-bond donors (Lipinski definition) is 1. The molecule has 0 bridgehead atoms. The molecule has 3 aromatic heterocycles. The summed E-state index contributed by atoms with van der Waals surface area (Å²) in [6.07, 6.45) is 1.87. The van der Waals surface area contributed by atoms with E-state index in [1.807, 2.05) is 0 Å². The first-order chi connectivity index (χ1) is 18.4. The Morgan fingerprint density at radius 2 is 2.00 bits per heavy atom. The molecule has 1 saturated heterocycles. The van der Waals surface area contributed by atoms with Crippen LogP contribution in [0.3, 0.4) is 0 Å². The van der Waals surface area contributed by atoms with E-state index in [-0.39, 0.29) is 24.8 Å². The van der Waals surface area contributed by atoms with Gasteiger partial charge in [0.15, 0.2) is 0 Å². The van der Waals surface area contributed by atoms with Crippen LogP contribution in [-0.4, -0.2) is 100 Å². The van der Waals surface area contributed by atoms with Gasteiger partial charge in [-0.05, 0) is 30.2 Å². The highest BCUT2D eigenvalue weighted by Gasteiger charge is 2.45. The van der Waals surface area contributed by atoms with Crippen molar-refractivity contribution >= 4 is 22.5 Å². The molecule has 1 fully saturated rings. The lowest BCUT2D eigenvalue weighted by molar-refractivity contribution is -0.0770. The van der Waals surface area contributed by atoms with Crippen LogP contribution >= 0.6 is 0 Å². The number of ether oxygens (including phenoxy) is 2. The molecular weight excluding hydrogens is 508 g/mol. The smallest absolute Gasteiger partial charge is 0.280 e. The number of hydrogen-bond acceptors (Lipinski definition) is 8. The summed E-state index contributed by atoms with van der Waals surface area (Å²) in [6.45, 7) is -0.913. The molecule has 5 rings (SSSR count). The van der Waals surface area contributed by atoms with Crippen molar-refractivity contribution in [2.45, 2.75) is 24.4 Å². The summed E-state index contributed by atoms with van der Waals surface area (Å²) >= 11 is 0. The fourth-order valence-electron chi connectivity index (χ4n) is 4.73. The standard InChI is InChI=1S/C24H28F4N8O2/c1-37-10-9-34-7-6-20(24(27,28)14-34)29-23-30-22(38-2)21-17(5-8-35(21)32-23)15-3-4-18-19(11-15)36(33-31-18)16(12-25)13-26/h3-5,8,11,16,20H,6-7,9-10,12-14H2,1-2H3,(H,29,32). The van der Waals surface area contributed by atoms with Crippen molar-refractivity contribution in [1.29, 1.82) is 0 Å². The number of piperidine rings is 1. The Morgan fingerprint density at radius 3 is 2.71 bits per heavy atom. The zero-order valence-corrected chi connectivity index (χ0v) is 21.0. The van der Waals surface area contributed by atoms with E-state index in [0.717, 1.165) is 0 Å². The molecule has 10 nitrogen and oxygen atoms in total. The molecule has 38 heavy (non-hydrogen) atoms. The van der Waals surface area contributed by atoms with Gasteiger partial charge >= 0.3 is 0 Å². The van der Waals surface area contributed by atoms with Gasteiger partial charge in [-0.25, -0.2) is 26.8 Å². The highest BCUT2D eigenvalue weighted by atomic mass is 19.3. The summed E-state index contributed by atoms with van der Waals surface area (Å²) in [6, 6.07) is 4.78. The number of halogens is 4. The van der Waals surface area contributed by atoms with Crippen molar-refractivity contribution < 1.29 is 27.0 Å². The minimum atomic E-state index is -3.00. The third kappa shape index (κ3) is 4.85. The quantitative estimate of drug-likeness (QED) is 0.308. The van der Waals surface area contributed by atoms with Gasteiger partial charge in [-0.3, -0.25) is 4.90 Å². The summed E-state index contributed by atoms with van der Waals surface area (Å²) in [7, 11) is 2.97. The molecule has 1 atom stereocenters. The molecule has 0 saturated carbocycles. The average molecular weight is 537 g/mol. The second-order valence-electron chi connectivity index (χ2n) is 9.18. The Balaban J connectivity index is 1.45. The number of methoxy groups -OCH3 is 2. The lowest BCUT2D eigenvalue weighted by Crippen LogP contribution is -2.55. The van der Waals surface area contributed by atoms with Crippen LogP contribution in [0.2, 0.25) is 0 Å². The lowest BCUT2D eigenvalue weighted by atomic mass is 10.0. The molecule has 14 heteroatoms. The number of likely N-dealkylation sites (tertiary alicyclic amines) is 1. The van der Waals surface area contributed by atoms with Crippen molar-refractivity contribution in [2.75, 3.05) is 59.1 Å². The average Bonchev–Trinajstić information content (AvgIpc) is 3.53. The number of aromatic nitrogens is 6. The van der Waals surface area contributed by atoms with E-state index in [2.05, 4.69) is 25.7 Å². The molecule has 0 aliphatic carbocycles. The second kappa shape index (κ2) is 10.7. The van der Waals surface area contributed by atoms with Crippen molar-refractivity contribution in [1.82, 2.24) is 34.5 Å². The minimum Gasteiger partial charge on any atom is -0.479 e. The van der Waals surface area contributed by atoms with E-state index < -0.39 is 31.4 Å². The molecule has 1 N–H and O–H groups in total. The van der Waals surface area contributed by atoms with Crippen LogP contribution < -0.4 is 10.1 Å².